The molecule has 1 heterocycles. The summed E-state index contributed by atoms with van der Waals surface area (Å²) in [7, 11) is 0. The van der Waals surface area contributed by atoms with E-state index < -0.39 is 0 Å². The van der Waals surface area contributed by atoms with Crippen LogP contribution in [0.4, 0.5) is 5.69 Å². The van der Waals surface area contributed by atoms with E-state index in [4.69, 9.17) is 0 Å². The fraction of sp³-hybridized carbons (Fsp3) is 0.100. The van der Waals surface area contributed by atoms with Gasteiger partial charge >= 0.3 is 0 Å². The molecule has 24 heavy (non-hydrogen) atoms. The summed E-state index contributed by atoms with van der Waals surface area (Å²) in [4.78, 5) is 18.8. The predicted molar refractivity (Wildman–Crippen MR) is 94.0 cm³/mol. The third-order valence-corrected chi connectivity index (χ3v) is 3.75. The van der Waals surface area contributed by atoms with E-state index in [0.717, 1.165) is 16.8 Å². The van der Waals surface area contributed by atoms with Crippen molar-refractivity contribution in [2.45, 2.75) is 13.5 Å². The lowest BCUT2D eigenvalue weighted by Crippen LogP contribution is -2.31. The van der Waals surface area contributed by atoms with Crippen molar-refractivity contribution in [2.75, 3.05) is 4.90 Å². The minimum atomic E-state index is -0.160. The molecule has 0 aliphatic heterocycles. The van der Waals surface area contributed by atoms with Crippen LogP contribution in [-0.2, 0) is 6.54 Å². The molecule has 0 saturated heterocycles. The van der Waals surface area contributed by atoms with Gasteiger partial charge in [-0.15, -0.1) is 0 Å². The van der Waals surface area contributed by atoms with E-state index in [2.05, 4.69) is 4.98 Å². The summed E-state index contributed by atoms with van der Waals surface area (Å²) in [5, 5.41) is 9.44. The summed E-state index contributed by atoms with van der Waals surface area (Å²) >= 11 is 0. The number of hydrogen-bond donors (Lipinski definition) is 1. The average Bonchev–Trinajstić information content (AvgIpc) is 2.62. The summed E-state index contributed by atoms with van der Waals surface area (Å²) in [6, 6.07) is 20.0. The number of amides is 1. The van der Waals surface area contributed by atoms with Gasteiger partial charge in [0.05, 0.1) is 6.54 Å². The molecule has 0 unspecified atom stereocenters. The number of aromatic hydroxyl groups is 1. The van der Waals surface area contributed by atoms with Crippen LogP contribution in [0.3, 0.4) is 0 Å². The number of aromatic nitrogens is 1. The number of hydrogen-bond acceptors (Lipinski definition) is 3. The molecular weight excluding hydrogens is 300 g/mol. The molecule has 0 fully saturated rings. The number of aryl methyl sites for hydroxylation is 1. The minimum Gasteiger partial charge on any atom is -0.508 e. The maximum Gasteiger partial charge on any atom is 0.277 e. The van der Waals surface area contributed by atoms with E-state index in [1.807, 2.05) is 43.3 Å². The Hall–Kier alpha value is -3.14. The summed E-state index contributed by atoms with van der Waals surface area (Å²) in [6.45, 7) is 2.41. The second-order valence-electron chi connectivity index (χ2n) is 5.61. The van der Waals surface area contributed by atoms with Gasteiger partial charge in [0, 0.05) is 11.9 Å². The summed E-state index contributed by atoms with van der Waals surface area (Å²) < 4.78 is 0. The summed E-state index contributed by atoms with van der Waals surface area (Å²) in [5.41, 5.74) is 3.27. The SMILES string of the molecule is Cc1ccc(N(Cc2ccc(O)cc2)C(=O)c2ccccn2)cc1. The third kappa shape index (κ3) is 3.60. The second kappa shape index (κ2) is 6.96. The topological polar surface area (TPSA) is 53.4 Å². The Kier molecular flexibility index (Phi) is 4.57. The van der Waals surface area contributed by atoms with Gasteiger partial charge in [0.15, 0.2) is 0 Å². The first-order chi connectivity index (χ1) is 11.6. The lowest BCUT2D eigenvalue weighted by molar-refractivity contribution is 0.0980. The molecule has 0 spiro atoms. The number of phenolic OH excluding ortho intramolecular Hbond substituents is 1. The quantitative estimate of drug-likeness (QED) is 0.792. The zero-order chi connectivity index (χ0) is 16.9. The van der Waals surface area contributed by atoms with Gasteiger partial charge in [-0.3, -0.25) is 9.78 Å². The average molecular weight is 318 g/mol. The molecular formula is C20H18N2O2. The largest absolute Gasteiger partial charge is 0.508 e. The lowest BCUT2D eigenvalue weighted by Gasteiger charge is -2.23. The van der Waals surface area contributed by atoms with Crippen molar-refractivity contribution in [2.24, 2.45) is 0 Å². The highest BCUT2D eigenvalue weighted by Crippen LogP contribution is 2.21. The molecule has 4 heteroatoms. The molecule has 120 valence electrons. The van der Waals surface area contributed by atoms with E-state index in [1.54, 1.807) is 41.4 Å². The predicted octanol–water partition coefficient (Wildman–Crippen LogP) is 3.94. The third-order valence-electron chi connectivity index (χ3n) is 3.75. The number of pyridine rings is 1. The van der Waals surface area contributed by atoms with Crippen LogP contribution in [0, 0.1) is 6.92 Å². The highest BCUT2D eigenvalue weighted by molar-refractivity contribution is 6.04. The van der Waals surface area contributed by atoms with Crippen molar-refractivity contribution in [1.82, 2.24) is 4.98 Å². The Bertz CT molecular complexity index is 813. The van der Waals surface area contributed by atoms with Gasteiger partial charge in [-0.1, -0.05) is 35.9 Å². The molecule has 0 bridgehead atoms. The maximum absolute atomic E-state index is 12.9. The molecule has 1 N–H and O–H groups in total. The zero-order valence-corrected chi connectivity index (χ0v) is 13.4. The van der Waals surface area contributed by atoms with E-state index in [9.17, 15) is 9.90 Å². The van der Waals surface area contributed by atoms with Gasteiger partial charge in [-0.25, -0.2) is 0 Å². The maximum atomic E-state index is 12.9. The van der Waals surface area contributed by atoms with Gasteiger partial charge in [0.25, 0.3) is 5.91 Å². The Morgan fingerprint density at radius 2 is 1.71 bits per heavy atom. The van der Waals surface area contributed by atoms with E-state index in [1.165, 1.54) is 0 Å². The van der Waals surface area contributed by atoms with Crippen LogP contribution >= 0.6 is 0 Å². The number of benzene rings is 2. The minimum absolute atomic E-state index is 0.160. The van der Waals surface area contributed by atoms with E-state index >= 15 is 0 Å². The van der Waals surface area contributed by atoms with Gasteiger partial charge in [0.2, 0.25) is 0 Å². The number of rotatable bonds is 4. The fourth-order valence-corrected chi connectivity index (χ4v) is 2.42. The highest BCUT2D eigenvalue weighted by Gasteiger charge is 2.19. The van der Waals surface area contributed by atoms with Crippen molar-refractivity contribution < 1.29 is 9.90 Å². The monoisotopic (exact) mass is 318 g/mol. The molecule has 3 rings (SSSR count). The first kappa shape index (κ1) is 15.7. The Balaban J connectivity index is 1.95. The Morgan fingerprint density at radius 1 is 1.00 bits per heavy atom. The van der Waals surface area contributed by atoms with Gasteiger partial charge in [0.1, 0.15) is 11.4 Å². The molecule has 1 amide bonds. The molecule has 0 radical (unpaired) electrons. The van der Waals surface area contributed by atoms with Gasteiger partial charge in [-0.2, -0.15) is 0 Å². The van der Waals surface area contributed by atoms with E-state index in [0.29, 0.717) is 12.2 Å². The molecule has 1 aromatic heterocycles. The zero-order valence-electron chi connectivity index (χ0n) is 13.4. The van der Waals surface area contributed by atoms with Crippen molar-refractivity contribution >= 4 is 11.6 Å². The lowest BCUT2D eigenvalue weighted by atomic mass is 10.1. The standard InChI is InChI=1S/C20H18N2O2/c1-15-5-9-17(10-6-15)22(14-16-7-11-18(23)12-8-16)20(24)19-4-2-3-13-21-19/h2-13,23H,14H2,1H3. The first-order valence-corrected chi connectivity index (χ1v) is 7.71. The van der Waals surface area contributed by atoms with Crippen LogP contribution in [0.15, 0.2) is 72.9 Å². The molecule has 2 aromatic carbocycles. The number of phenols is 1. The molecule has 0 aliphatic rings. The Labute approximate surface area is 141 Å². The van der Waals surface area contributed by atoms with Crippen LogP contribution in [0.2, 0.25) is 0 Å². The van der Waals surface area contributed by atoms with Gasteiger partial charge in [-0.05, 0) is 48.9 Å². The normalized spacial score (nSPS) is 10.4. The molecule has 4 nitrogen and oxygen atoms in total. The molecule has 3 aromatic rings. The number of carbonyl (C=O) groups is 1. The molecule has 0 aliphatic carbocycles. The highest BCUT2D eigenvalue weighted by atomic mass is 16.3. The van der Waals surface area contributed by atoms with Crippen molar-refractivity contribution in [3.63, 3.8) is 0 Å². The molecule has 0 atom stereocenters. The number of carbonyl (C=O) groups excluding carboxylic acids is 1. The van der Waals surface area contributed by atoms with Crippen LogP contribution in [0.5, 0.6) is 5.75 Å². The number of anilines is 1. The van der Waals surface area contributed by atoms with Crippen LogP contribution in [0.25, 0.3) is 0 Å². The van der Waals surface area contributed by atoms with Crippen molar-refractivity contribution in [1.29, 1.82) is 0 Å². The van der Waals surface area contributed by atoms with Crippen molar-refractivity contribution in [3.05, 3.63) is 89.7 Å². The van der Waals surface area contributed by atoms with Crippen LogP contribution in [0.1, 0.15) is 21.6 Å². The van der Waals surface area contributed by atoms with Crippen LogP contribution in [-0.4, -0.2) is 16.0 Å². The second-order valence-corrected chi connectivity index (χ2v) is 5.61. The Morgan fingerprint density at radius 3 is 2.33 bits per heavy atom. The molecule has 0 saturated carbocycles. The van der Waals surface area contributed by atoms with E-state index in [-0.39, 0.29) is 11.7 Å². The fourth-order valence-electron chi connectivity index (χ4n) is 2.42. The first-order valence-electron chi connectivity index (χ1n) is 7.71. The van der Waals surface area contributed by atoms with Crippen molar-refractivity contribution in [3.8, 4) is 5.75 Å². The van der Waals surface area contributed by atoms with Gasteiger partial charge < -0.3 is 10.0 Å². The smallest absolute Gasteiger partial charge is 0.277 e. The summed E-state index contributed by atoms with van der Waals surface area (Å²) in [6.07, 6.45) is 1.61. The van der Waals surface area contributed by atoms with Crippen LogP contribution < -0.4 is 4.90 Å². The number of nitrogens with zero attached hydrogens (tertiary/aromatic N) is 2. The summed E-state index contributed by atoms with van der Waals surface area (Å²) in [5.74, 6) is 0.0456.